The third-order valence-electron chi connectivity index (χ3n) is 9.44. The summed E-state index contributed by atoms with van der Waals surface area (Å²) in [7, 11) is 1.68. The van der Waals surface area contributed by atoms with E-state index < -0.39 is 0 Å². The molecule has 0 N–H and O–H groups in total. The number of hydrogen-bond donors (Lipinski definition) is 0. The number of pyridine rings is 2. The Morgan fingerprint density at radius 3 is 2.44 bits per heavy atom. The molecule has 1 atom stereocenters. The molecule has 8 rings (SSSR count). The first-order valence-corrected chi connectivity index (χ1v) is 16.8. The Hall–Kier alpha value is -5.49. The van der Waals surface area contributed by atoms with Crippen molar-refractivity contribution in [2.24, 2.45) is 0 Å². The molecule has 7 aromatic rings. The van der Waals surface area contributed by atoms with Gasteiger partial charge in [-0.3, -0.25) is 9.55 Å². The van der Waals surface area contributed by atoms with Gasteiger partial charge in [0.25, 0.3) is 0 Å². The maximum Gasteiger partial charge on any atom is 0.154 e. The fraction of sp³-hybridized carbons (Fsp3) is 0.214. The number of furan rings is 1. The van der Waals surface area contributed by atoms with Crippen molar-refractivity contribution in [3.63, 3.8) is 0 Å². The van der Waals surface area contributed by atoms with Gasteiger partial charge in [-0.15, -0.1) is 0 Å². The fourth-order valence-corrected chi connectivity index (χ4v) is 7.10. The number of para-hydroxylation sites is 1. The van der Waals surface area contributed by atoms with Gasteiger partial charge in [-0.25, -0.2) is 9.97 Å². The zero-order valence-electron chi connectivity index (χ0n) is 27.8. The smallest absolute Gasteiger partial charge is 0.154 e. The van der Waals surface area contributed by atoms with E-state index in [2.05, 4.69) is 97.1 Å². The van der Waals surface area contributed by atoms with Gasteiger partial charge >= 0.3 is 0 Å². The van der Waals surface area contributed by atoms with Crippen LogP contribution in [0.4, 0.5) is 0 Å². The van der Waals surface area contributed by atoms with E-state index in [-0.39, 0.29) is 5.92 Å². The van der Waals surface area contributed by atoms with Crippen LogP contribution < -0.4 is 15.4 Å². The summed E-state index contributed by atoms with van der Waals surface area (Å²) < 4.78 is 14.2. The molecule has 0 spiro atoms. The Kier molecular flexibility index (Phi) is 7.64. The summed E-state index contributed by atoms with van der Waals surface area (Å²) in [6.45, 7) is 6.87. The molecule has 0 aliphatic heterocycles. The third kappa shape index (κ3) is 5.18. The van der Waals surface area contributed by atoms with Crippen LogP contribution in [0.25, 0.3) is 62.6 Å². The number of ether oxygens (including phenoxy) is 1. The van der Waals surface area contributed by atoms with E-state index in [1.165, 1.54) is 16.8 Å². The molecule has 0 amide bonds. The third-order valence-corrected chi connectivity index (χ3v) is 9.44. The van der Waals surface area contributed by atoms with E-state index in [1.54, 1.807) is 7.11 Å². The quantitative estimate of drug-likeness (QED) is 0.168. The number of fused-ring (bicyclic) bond motifs is 4. The van der Waals surface area contributed by atoms with Gasteiger partial charge in [-0.05, 0) is 84.7 Å². The molecule has 0 saturated carbocycles. The molecule has 3 aromatic carbocycles. The van der Waals surface area contributed by atoms with Gasteiger partial charge in [0.2, 0.25) is 0 Å². The molecule has 1 aliphatic carbocycles. The largest absolute Gasteiger partial charge is 0.496 e. The average Bonchev–Trinajstić information content (AvgIpc) is 3.70. The van der Waals surface area contributed by atoms with E-state index >= 15 is 0 Å². The number of benzene rings is 3. The van der Waals surface area contributed by atoms with Gasteiger partial charge in [0.1, 0.15) is 22.7 Å². The van der Waals surface area contributed by atoms with Crippen molar-refractivity contribution in [2.45, 2.75) is 51.9 Å². The van der Waals surface area contributed by atoms with E-state index in [0.29, 0.717) is 5.92 Å². The van der Waals surface area contributed by atoms with E-state index in [1.807, 2.05) is 42.6 Å². The number of aromatic nitrogens is 4. The molecule has 4 heterocycles. The van der Waals surface area contributed by atoms with Crippen molar-refractivity contribution in [1.29, 1.82) is 0 Å². The normalized spacial score (nSPS) is 13.4. The summed E-state index contributed by atoms with van der Waals surface area (Å²) in [6.07, 6.45) is 9.35. The molecular weight excluding hydrogens is 592 g/mol. The molecule has 4 aromatic heterocycles. The molecule has 1 unspecified atom stereocenters. The first-order valence-electron chi connectivity index (χ1n) is 16.8. The predicted octanol–water partition coefficient (Wildman–Crippen LogP) is 8.73. The molecule has 1 aliphatic rings. The number of methoxy groups -OCH3 is 1. The Labute approximate surface area is 280 Å². The van der Waals surface area contributed by atoms with E-state index in [4.69, 9.17) is 19.1 Å². The Morgan fingerprint density at radius 1 is 0.792 bits per heavy atom. The topological polar surface area (TPSA) is 66.0 Å². The lowest BCUT2D eigenvalue weighted by Crippen LogP contribution is -2.32. The van der Waals surface area contributed by atoms with E-state index in [0.717, 1.165) is 86.1 Å². The highest BCUT2D eigenvalue weighted by Gasteiger charge is 2.23. The zero-order chi connectivity index (χ0) is 32.8. The first kappa shape index (κ1) is 29.9. The zero-order valence-corrected chi connectivity index (χ0v) is 27.8. The summed E-state index contributed by atoms with van der Waals surface area (Å²) in [6, 6.07) is 31.4. The van der Waals surface area contributed by atoms with Crippen LogP contribution in [0.1, 0.15) is 62.3 Å². The number of nitrogens with zero attached hydrogens (tertiary/aromatic N) is 4. The molecule has 6 nitrogen and oxygen atoms in total. The molecule has 0 saturated heterocycles. The minimum absolute atomic E-state index is 0.246. The molecule has 0 radical (unpaired) electrons. The van der Waals surface area contributed by atoms with Gasteiger partial charge in [-0.2, -0.15) is 0 Å². The van der Waals surface area contributed by atoms with Crippen molar-refractivity contribution in [3.05, 3.63) is 125 Å². The highest BCUT2D eigenvalue weighted by Crippen LogP contribution is 2.37. The highest BCUT2D eigenvalue weighted by molar-refractivity contribution is 6.06. The van der Waals surface area contributed by atoms with Crippen molar-refractivity contribution < 1.29 is 9.15 Å². The van der Waals surface area contributed by atoms with E-state index in [9.17, 15) is 0 Å². The summed E-state index contributed by atoms with van der Waals surface area (Å²) in [5.74, 6) is 2.26. The van der Waals surface area contributed by atoms with Gasteiger partial charge in [0.15, 0.2) is 5.58 Å². The fourth-order valence-electron chi connectivity index (χ4n) is 7.10. The minimum Gasteiger partial charge on any atom is -0.496 e. The Balaban J connectivity index is 1.31. The van der Waals surface area contributed by atoms with Crippen LogP contribution in [-0.2, 0) is 6.42 Å². The minimum atomic E-state index is 0.246. The molecule has 0 fully saturated rings. The van der Waals surface area contributed by atoms with Gasteiger partial charge in [0.05, 0.1) is 34.6 Å². The second-order valence-corrected chi connectivity index (χ2v) is 13.0. The van der Waals surface area contributed by atoms with Crippen LogP contribution in [0.2, 0.25) is 0 Å². The van der Waals surface area contributed by atoms with Crippen LogP contribution >= 0.6 is 0 Å². The Bertz CT molecular complexity index is 2420. The van der Waals surface area contributed by atoms with Gasteiger partial charge in [-0.1, -0.05) is 81.5 Å². The molecule has 0 bridgehead atoms. The summed E-state index contributed by atoms with van der Waals surface area (Å²) in [4.78, 5) is 15.1. The molecular formula is C42H38N4O2. The van der Waals surface area contributed by atoms with Crippen LogP contribution in [0.15, 0.2) is 102 Å². The number of rotatable bonds is 8. The van der Waals surface area contributed by atoms with Crippen LogP contribution in [0, 0.1) is 0 Å². The number of hydrogen-bond acceptors (Lipinski definition) is 5. The van der Waals surface area contributed by atoms with Gasteiger partial charge < -0.3 is 9.15 Å². The van der Waals surface area contributed by atoms with Crippen LogP contribution in [0.3, 0.4) is 0 Å². The molecule has 48 heavy (non-hydrogen) atoms. The molecule has 6 heteroatoms. The maximum atomic E-state index is 6.12. The SMILES string of the molecule is COc1cccc2oc3ccc(-c4cccc(-c5nc6c(n5-c5c(C(C)C)cccc5C(C)Cc5ccccn5)=CCCC=6)c4)nc3c12. The Morgan fingerprint density at radius 2 is 1.60 bits per heavy atom. The van der Waals surface area contributed by atoms with Crippen molar-refractivity contribution in [3.8, 4) is 34.1 Å². The highest BCUT2D eigenvalue weighted by atomic mass is 16.5. The standard InChI is InChI=1S/C42H38N4O2/c1-26(2)31-15-10-16-32(27(3)24-30-14-7-8-23-43-30)41(31)46-35-18-6-5-17-34(35)45-42(46)29-13-9-12-28(25-29)33-21-22-38-40(44-33)39-36(47-4)19-11-20-37(39)48-38/h7-23,25-27H,5-6,24H2,1-4H3. The average molecular weight is 631 g/mol. The summed E-state index contributed by atoms with van der Waals surface area (Å²) in [5.41, 5.74) is 10.2. The lowest BCUT2D eigenvalue weighted by Gasteiger charge is -2.24. The van der Waals surface area contributed by atoms with Crippen LogP contribution in [-0.4, -0.2) is 26.6 Å². The predicted molar refractivity (Wildman–Crippen MR) is 194 cm³/mol. The van der Waals surface area contributed by atoms with Crippen molar-refractivity contribution in [1.82, 2.24) is 19.5 Å². The molecule has 238 valence electrons. The lowest BCUT2D eigenvalue weighted by molar-refractivity contribution is 0.420. The van der Waals surface area contributed by atoms with Crippen molar-refractivity contribution >= 4 is 34.2 Å². The second-order valence-electron chi connectivity index (χ2n) is 13.0. The van der Waals surface area contributed by atoms with Crippen LogP contribution in [0.5, 0.6) is 5.75 Å². The monoisotopic (exact) mass is 630 g/mol. The lowest BCUT2D eigenvalue weighted by atomic mass is 9.89. The first-order chi connectivity index (χ1) is 23.5. The van der Waals surface area contributed by atoms with Gasteiger partial charge in [0, 0.05) is 23.0 Å². The maximum absolute atomic E-state index is 6.12. The van der Waals surface area contributed by atoms with Crippen molar-refractivity contribution in [2.75, 3.05) is 7.11 Å². The second kappa shape index (κ2) is 12.3. The summed E-state index contributed by atoms with van der Waals surface area (Å²) in [5, 5.41) is 3.09. The number of imidazole rings is 1. The summed E-state index contributed by atoms with van der Waals surface area (Å²) >= 11 is 0.